The Morgan fingerprint density at radius 3 is 2.67 bits per heavy atom. The van der Waals surface area contributed by atoms with Gasteiger partial charge in [0.25, 0.3) is 0 Å². The fourth-order valence-corrected chi connectivity index (χ4v) is 2.07. The lowest BCUT2D eigenvalue weighted by molar-refractivity contribution is -0.139. The summed E-state index contributed by atoms with van der Waals surface area (Å²) in [6.07, 6.45) is 5.28. The van der Waals surface area contributed by atoms with Crippen molar-refractivity contribution in [1.82, 2.24) is 10.2 Å². The Kier molecular flexibility index (Phi) is 5.05. The molecular formula is C11H22N2O2. The summed E-state index contributed by atoms with van der Waals surface area (Å²) in [6.45, 7) is 3.36. The number of carbonyl (C=O) groups is 1. The molecule has 0 aromatic rings. The van der Waals surface area contributed by atoms with Gasteiger partial charge in [-0.05, 0) is 26.8 Å². The molecule has 0 aromatic heterocycles. The van der Waals surface area contributed by atoms with Crippen LogP contribution < -0.4 is 5.32 Å². The fraction of sp³-hybridized carbons (Fsp3) is 0.909. The highest BCUT2D eigenvalue weighted by Crippen LogP contribution is 2.21. The number of hydrogen-bond donors (Lipinski definition) is 2. The largest absolute Gasteiger partial charge is 0.480 e. The van der Waals surface area contributed by atoms with Crippen molar-refractivity contribution in [2.45, 2.75) is 44.7 Å². The molecule has 0 aliphatic heterocycles. The van der Waals surface area contributed by atoms with E-state index in [2.05, 4.69) is 17.3 Å². The Morgan fingerprint density at radius 2 is 2.13 bits per heavy atom. The van der Waals surface area contributed by atoms with Crippen molar-refractivity contribution in [3.8, 4) is 0 Å². The lowest BCUT2D eigenvalue weighted by atomic mass is 10.2. The summed E-state index contributed by atoms with van der Waals surface area (Å²) in [6, 6.07) is 0.272. The summed E-state index contributed by atoms with van der Waals surface area (Å²) in [5.41, 5.74) is 0. The smallest absolute Gasteiger partial charge is 0.320 e. The van der Waals surface area contributed by atoms with Crippen LogP contribution in [0.5, 0.6) is 0 Å². The van der Waals surface area contributed by atoms with Gasteiger partial charge in [-0.3, -0.25) is 4.79 Å². The van der Waals surface area contributed by atoms with E-state index in [-0.39, 0.29) is 0 Å². The van der Waals surface area contributed by atoms with E-state index >= 15 is 0 Å². The predicted molar refractivity (Wildman–Crippen MR) is 60.0 cm³/mol. The van der Waals surface area contributed by atoms with Crippen molar-refractivity contribution in [2.75, 3.05) is 20.1 Å². The third-order valence-corrected chi connectivity index (χ3v) is 3.23. The normalized spacial score (nSPS) is 19.7. The Morgan fingerprint density at radius 1 is 1.53 bits per heavy atom. The van der Waals surface area contributed by atoms with Gasteiger partial charge in [0.1, 0.15) is 6.04 Å². The number of nitrogens with one attached hydrogen (secondary N) is 1. The first-order valence-corrected chi connectivity index (χ1v) is 5.77. The van der Waals surface area contributed by atoms with E-state index in [0.717, 1.165) is 13.1 Å². The van der Waals surface area contributed by atoms with Gasteiger partial charge in [-0.25, -0.2) is 0 Å². The van der Waals surface area contributed by atoms with Crippen LogP contribution >= 0.6 is 0 Å². The Labute approximate surface area is 91.6 Å². The van der Waals surface area contributed by atoms with Crippen molar-refractivity contribution in [3.63, 3.8) is 0 Å². The number of carboxylic acids is 1. The maximum atomic E-state index is 10.6. The molecule has 0 spiro atoms. The molecule has 4 heteroatoms. The summed E-state index contributed by atoms with van der Waals surface area (Å²) in [5, 5.41) is 11.7. The van der Waals surface area contributed by atoms with E-state index in [4.69, 9.17) is 5.11 Å². The molecule has 2 N–H and O–H groups in total. The van der Waals surface area contributed by atoms with E-state index < -0.39 is 12.0 Å². The maximum absolute atomic E-state index is 10.6. The van der Waals surface area contributed by atoms with Gasteiger partial charge in [0.2, 0.25) is 0 Å². The molecule has 1 rings (SSSR count). The third kappa shape index (κ3) is 4.18. The van der Waals surface area contributed by atoms with Gasteiger partial charge in [0.15, 0.2) is 0 Å². The van der Waals surface area contributed by atoms with Crippen LogP contribution in [-0.2, 0) is 4.79 Å². The summed E-state index contributed by atoms with van der Waals surface area (Å²) >= 11 is 0. The minimum absolute atomic E-state index is 0.443. The van der Waals surface area contributed by atoms with Crippen molar-refractivity contribution in [2.24, 2.45) is 0 Å². The van der Waals surface area contributed by atoms with Crippen molar-refractivity contribution < 1.29 is 9.90 Å². The van der Waals surface area contributed by atoms with E-state index in [9.17, 15) is 4.79 Å². The zero-order valence-corrected chi connectivity index (χ0v) is 9.70. The molecule has 1 fully saturated rings. The number of aliphatic carboxylic acids is 1. The molecule has 0 radical (unpaired) electrons. The molecule has 1 aliphatic rings. The topological polar surface area (TPSA) is 52.6 Å². The molecule has 88 valence electrons. The predicted octanol–water partition coefficient (Wildman–Crippen LogP) is 0.923. The van der Waals surface area contributed by atoms with Crippen LogP contribution in [-0.4, -0.2) is 48.2 Å². The minimum atomic E-state index is -0.779. The molecule has 15 heavy (non-hydrogen) atoms. The number of likely N-dealkylation sites (N-methyl/N-ethyl adjacent to an activating group) is 1. The van der Waals surface area contributed by atoms with Gasteiger partial charge < -0.3 is 15.3 Å². The summed E-state index contributed by atoms with van der Waals surface area (Å²) < 4.78 is 0. The van der Waals surface area contributed by atoms with E-state index in [1.165, 1.54) is 25.7 Å². The highest BCUT2D eigenvalue weighted by atomic mass is 16.4. The molecule has 0 saturated heterocycles. The second-order valence-electron chi connectivity index (χ2n) is 4.43. The van der Waals surface area contributed by atoms with Gasteiger partial charge in [-0.1, -0.05) is 12.8 Å². The van der Waals surface area contributed by atoms with Gasteiger partial charge >= 0.3 is 5.97 Å². The molecule has 0 amide bonds. The van der Waals surface area contributed by atoms with Gasteiger partial charge in [-0.15, -0.1) is 0 Å². The molecule has 1 aliphatic carbocycles. The molecule has 1 saturated carbocycles. The van der Waals surface area contributed by atoms with Crippen molar-refractivity contribution >= 4 is 5.97 Å². The fourth-order valence-electron chi connectivity index (χ4n) is 2.07. The average Bonchev–Trinajstić information content (AvgIpc) is 2.70. The summed E-state index contributed by atoms with van der Waals surface area (Å²) in [5.74, 6) is -0.779. The van der Waals surface area contributed by atoms with Crippen LogP contribution in [0, 0.1) is 0 Å². The molecule has 4 nitrogen and oxygen atoms in total. The average molecular weight is 214 g/mol. The zero-order valence-electron chi connectivity index (χ0n) is 9.70. The first-order chi connectivity index (χ1) is 7.11. The van der Waals surface area contributed by atoms with Gasteiger partial charge in [0, 0.05) is 19.1 Å². The third-order valence-electron chi connectivity index (χ3n) is 3.23. The summed E-state index contributed by atoms with van der Waals surface area (Å²) in [7, 11) is 2.13. The lowest BCUT2D eigenvalue weighted by Crippen LogP contribution is -2.40. The summed E-state index contributed by atoms with van der Waals surface area (Å²) in [4.78, 5) is 12.9. The highest BCUT2D eigenvalue weighted by molar-refractivity contribution is 5.72. The van der Waals surface area contributed by atoms with E-state index in [1.807, 2.05) is 0 Å². The Hall–Kier alpha value is -0.610. The first-order valence-electron chi connectivity index (χ1n) is 5.77. The van der Waals surface area contributed by atoms with Gasteiger partial charge in [-0.2, -0.15) is 0 Å². The standard InChI is InChI=1S/C11H22N2O2/c1-9(11(14)15)12-7-8-13(2)10-5-3-4-6-10/h9-10,12H,3-8H2,1-2H3,(H,14,15). The van der Waals surface area contributed by atoms with Gasteiger partial charge in [0.05, 0.1) is 0 Å². The quantitative estimate of drug-likeness (QED) is 0.690. The first kappa shape index (κ1) is 12.5. The number of hydrogen-bond acceptors (Lipinski definition) is 3. The second-order valence-corrected chi connectivity index (χ2v) is 4.43. The number of nitrogens with zero attached hydrogens (tertiary/aromatic N) is 1. The molecule has 1 unspecified atom stereocenters. The van der Waals surface area contributed by atoms with Crippen LogP contribution in [0.3, 0.4) is 0 Å². The monoisotopic (exact) mass is 214 g/mol. The van der Waals surface area contributed by atoms with Crippen molar-refractivity contribution in [3.05, 3.63) is 0 Å². The van der Waals surface area contributed by atoms with Crippen molar-refractivity contribution in [1.29, 1.82) is 0 Å². The number of rotatable bonds is 6. The molecule has 0 aromatic carbocycles. The van der Waals surface area contributed by atoms with Crippen LogP contribution in [0.15, 0.2) is 0 Å². The molecular weight excluding hydrogens is 192 g/mol. The minimum Gasteiger partial charge on any atom is -0.480 e. The lowest BCUT2D eigenvalue weighted by Gasteiger charge is -2.24. The Balaban J connectivity index is 2.11. The van der Waals surface area contributed by atoms with E-state index in [0.29, 0.717) is 6.04 Å². The number of carboxylic acid groups (broad SMARTS) is 1. The van der Waals surface area contributed by atoms with E-state index in [1.54, 1.807) is 6.92 Å². The Bertz CT molecular complexity index is 203. The van der Waals surface area contributed by atoms with Crippen LogP contribution in [0.2, 0.25) is 0 Å². The second kappa shape index (κ2) is 6.08. The van der Waals surface area contributed by atoms with Crippen LogP contribution in [0.1, 0.15) is 32.6 Å². The van der Waals surface area contributed by atoms with Crippen LogP contribution in [0.25, 0.3) is 0 Å². The zero-order chi connectivity index (χ0) is 11.3. The highest BCUT2D eigenvalue weighted by Gasteiger charge is 2.19. The SMILES string of the molecule is CC(NCCN(C)C1CCCC1)C(=O)O. The molecule has 1 atom stereocenters. The van der Waals surface area contributed by atoms with Crippen LogP contribution in [0.4, 0.5) is 0 Å². The maximum Gasteiger partial charge on any atom is 0.320 e. The molecule has 0 bridgehead atoms. The molecule has 0 heterocycles.